The second-order valence-corrected chi connectivity index (χ2v) is 7.98. The molecule has 5 nitrogen and oxygen atoms in total. The summed E-state index contributed by atoms with van der Waals surface area (Å²) < 4.78 is 49.1. The van der Waals surface area contributed by atoms with E-state index in [1.807, 2.05) is 26.2 Å². The Morgan fingerprint density at radius 3 is 2.69 bits per heavy atom. The molecular formula is C17H19F3N2O3S. The van der Waals surface area contributed by atoms with Gasteiger partial charge in [-0.1, -0.05) is 20.8 Å². The van der Waals surface area contributed by atoms with Crippen molar-refractivity contribution in [3.8, 4) is 0 Å². The number of furan rings is 1. The zero-order valence-corrected chi connectivity index (χ0v) is 15.4. The molecule has 26 heavy (non-hydrogen) atoms. The molecule has 0 spiro atoms. The molecule has 1 aliphatic heterocycles. The summed E-state index contributed by atoms with van der Waals surface area (Å²) in [6, 6.07) is 1.05. The van der Waals surface area contributed by atoms with Crippen LogP contribution in [0.25, 0.3) is 0 Å². The molecule has 0 N–H and O–H groups in total. The van der Waals surface area contributed by atoms with Crippen molar-refractivity contribution in [3.05, 3.63) is 39.7 Å². The summed E-state index contributed by atoms with van der Waals surface area (Å²) in [5.41, 5.74) is 0.323. The maximum Gasteiger partial charge on any atom is 0.450 e. The van der Waals surface area contributed by atoms with Gasteiger partial charge in [-0.15, -0.1) is 11.3 Å². The first-order chi connectivity index (χ1) is 12.1. The molecule has 0 saturated carbocycles. The number of rotatable bonds is 2. The number of carbonyl (C=O) groups is 1. The van der Waals surface area contributed by atoms with Crippen LogP contribution in [0.1, 0.15) is 53.7 Å². The number of aromatic nitrogens is 1. The van der Waals surface area contributed by atoms with Crippen LogP contribution in [0.3, 0.4) is 0 Å². The molecule has 142 valence electrons. The predicted molar refractivity (Wildman–Crippen MR) is 89.1 cm³/mol. The van der Waals surface area contributed by atoms with Crippen molar-refractivity contribution in [2.24, 2.45) is 0 Å². The molecule has 1 saturated heterocycles. The molecule has 0 bridgehead atoms. The van der Waals surface area contributed by atoms with Crippen molar-refractivity contribution >= 4 is 17.2 Å². The highest BCUT2D eigenvalue weighted by Crippen LogP contribution is 2.34. The number of nitrogens with zero attached hydrogens (tertiary/aromatic N) is 2. The fourth-order valence-electron chi connectivity index (χ4n) is 2.63. The van der Waals surface area contributed by atoms with Gasteiger partial charge in [0.05, 0.1) is 30.7 Å². The van der Waals surface area contributed by atoms with Gasteiger partial charge in [-0.3, -0.25) is 4.79 Å². The molecule has 2 aromatic heterocycles. The van der Waals surface area contributed by atoms with Gasteiger partial charge in [0.15, 0.2) is 0 Å². The summed E-state index contributed by atoms with van der Waals surface area (Å²) in [4.78, 5) is 18.5. The van der Waals surface area contributed by atoms with Crippen molar-refractivity contribution in [2.75, 3.05) is 19.7 Å². The topological polar surface area (TPSA) is 55.6 Å². The number of alkyl halides is 3. The molecule has 0 radical (unpaired) electrons. The fourth-order valence-corrected chi connectivity index (χ4v) is 3.71. The Morgan fingerprint density at radius 1 is 1.35 bits per heavy atom. The normalized spacial score (nSPS) is 19.0. The van der Waals surface area contributed by atoms with Gasteiger partial charge < -0.3 is 14.1 Å². The lowest BCUT2D eigenvalue weighted by atomic mass is 9.93. The SMILES string of the molecule is CC(C)(C)c1csc([C@@H]2CN(C(=O)c3ccoc3C(F)(F)F)CCO2)n1. The van der Waals surface area contributed by atoms with Crippen LogP contribution < -0.4 is 0 Å². The Morgan fingerprint density at radius 2 is 2.08 bits per heavy atom. The lowest BCUT2D eigenvalue weighted by Crippen LogP contribution is -2.42. The van der Waals surface area contributed by atoms with Crippen molar-refractivity contribution < 1.29 is 27.1 Å². The number of carbonyl (C=O) groups excluding carboxylic acids is 1. The van der Waals surface area contributed by atoms with Crippen molar-refractivity contribution in [2.45, 2.75) is 38.5 Å². The Kier molecular flexibility index (Phi) is 4.87. The third-order valence-electron chi connectivity index (χ3n) is 4.07. The van der Waals surface area contributed by atoms with Crippen LogP contribution in [-0.2, 0) is 16.3 Å². The minimum atomic E-state index is -4.71. The fraction of sp³-hybridized carbons (Fsp3) is 0.529. The van der Waals surface area contributed by atoms with E-state index >= 15 is 0 Å². The van der Waals surface area contributed by atoms with Crippen LogP contribution in [0.4, 0.5) is 13.2 Å². The lowest BCUT2D eigenvalue weighted by Gasteiger charge is -2.32. The van der Waals surface area contributed by atoms with E-state index in [2.05, 4.69) is 9.40 Å². The van der Waals surface area contributed by atoms with E-state index in [1.54, 1.807) is 0 Å². The predicted octanol–water partition coefficient (Wildman–Crippen LogP) is 4.27. The Labute approximate surface area is 152 Å². The Hall–Kier alpha value is -1.87. The van der Waals surface area contributed by atoms with Gasteiger partial charge in [-0.25, -0.2) is 4.98 Å². The number of thiazole rings is 1. The molecule has 3 heterocycles. The Bertz CT molecular complexity index is 792. The van der Waals surface area contributed by atoms with Crippen molar-refractivity contribution in [3.63, 3.8) is 0 Å². The van der Waals surface area contributed by atoms with Crippen LogP contribution in [0.5, 0.6) is 0 Å². The maximum atomic E-state index is 13.0. The molecule has 1 atom stereocenters. The summed E-state index contributed by atoms with van der Waals surface area (Å²) >= 11 is 1.43. The first-order valence-electron chi connectivity index (χ1n) is 8.09. The van der Waals surface area contributed by atoms with Crippen LogP contribution >= 0.6 is 11.3 Å². The standard InChI is InChI=1S/C17H19F3N2O3S/c1-16(2,3)12-9-26-14(21-12)11-8-22(5-7-24-11)15(23)10-4-6-25-13(10)17(18,19)20/h4,6,9,11H,5,7-8H2,1-3H3/t11-/m0/s1. The van der Waals surface area contributed by atoms with E-state index in [0.717, 1.165) is 23.0 Å². The zero-order chi connectivity index (χ0) is 19.1. The number of morpholine rings is 1. The van der Waals surface area contributed by atoms with E-state index in [9.17, 15) is 18.0 Å². The highest BCUT2D eigenvalue weighted by Gasteiger charge is 2.41. The van der Waals surface area contributed by atoms with E-state index in [-0.39, 0.29) is 25.1 Å². The highest BCUT2D eigenvalue weighted by atomic mass is 32.1. The molecule has 0 unspecified atom stereocenters. The summed E-state index contributed by atoms with van der Waals surface area (Å²) in [6.45, 7) is 6.73. The summed E-state index contributed by atoms with van der Waals surface area (Å²) in [6.07, 6.45) is -4.28. The third-order valence-corrected chi connectivity index (χ3v) is 5.01. The molecule has 0 aliphatic carbocycles. The van der Waals surface area contributed by atoms with Gasteiger partial charge in [-0.2, -0.15) is 13.2 Å². The van der Waals surface area contributed by atoms with Crippen LogP contribution in [0.15, 0.2) is 22.1 Å². The van der Waals surface area contributed by atoms with E-state index in [1.165, 1.54) is 16.2 Å². The molecule has 1 aliphatic rings. The number of ether oxygens (including phenoxy) is 1. The lowest BCUT2D eigenvalue weighted by molar-refractivity contribution is -0.153. The molecule has 9 heteroatoms. The van der Waals surface area contributed by atoms with Crippen LogP contribution in [-0.4, -0.2) is 35.5 Å². The van der Waals surface area contributed by atoms with Crippen LogP contribution in [0, 0.1) is 0 Å². The molecular weight excluding hydrogens is 369 g/mol. The van der Waals surface area contributed by atoms with E-state index < -0.39 is 29.5 Å². The minimum Gasteiger partial charge on any atom is -0.459 e. The molecule has 0 aromatic carbocycles. The molecule has 3 rings (SSSR count). The van der Waals surface area contributed by atoms with Crippen molar-refractivity contribution in [1.82, 2.24) is 9.88 Å². The number of hydrogen-bond acceptors (Lipinski definition) is 5. The van der Waals surface area contributed by atoms with Gasteiger partial charge in [0.25, 0.3) is 5.91 Å². The van der Waals surface area contributed by atoms with E-state index in [0.29, 0.717) is 0 Å². The molecule has 1 fully saturated rings. The molecule has 2 aromatic rings. The second kappa shape index (κ2) is 6.70. The number of halogens is 3. The number of hydrogen-bond donors (Lipinski definition) is 0. The highest BCUT2D eigenvalue weighted by molar-refractivity contribution is 7.09. The smallest absolute Gasteiger partial charge is 0.450 e. The van der Waals surface area contributed by atoms with Gasteiger partial charge in [-0.05, 0) is 6.07 Å². The first kappa shape index (κ1) is 18.9. The Balaban J connectivity index is 1.78. The number of amides is 1. The van der Waals surface area contributed by atoms with Gasteiger partial charge in [0, 0.05) is 17.3 Å². The van der Waals surface area contributed by atoms with Gasteiger partial charge in [0.2, 0.25) is 5.76 Å². The largest absolute Gasteiger partial charge is 0.459 e. The van der Waals surface area contributed by atoms with E-state index in [4.69, 9.17) is 4.74 Å². The summed E-state index contributed by atoms with van der Waals surface area (Å²) in [5.74, 6) is -1.98. The maximum absolute atomic E-state index is 13.0. The summed E-state index contributed by atoms with van der Waals surface area (Å²) in [5, 5.41) is 2.66. The average molecular weight is 388 g/mol. The quantitative estimate of drug-likeness (QED) is 0.771. The molecule has 1 amide bonds. The summed E-state index contributed by atoms with van der Waals surface area (Å²) in [7, 11) is 0. The minimum absolute atomic E-state index is 0.114. The average Bonchev–Trinajstić information content (AvgIpc) is 3.22. The van der Waals surface area contributed by atoms with Crippen LogP contribution in [0.2, 0.25) is 0 Å². The van der Waals surface area contributed by atoms with Gasteiger partial charge in [0.1, 0.15) is 11.1 Å². The monoisotopic (exact) mass is 388 g/mol. The third kappa shape index (κ3) is 3.78. The first-order valence-corrected chi connectivity index (χ1v) is 8.97. The van der Waals surface area contributed by atoms with Gasteiger partial charge >= 0.3 is 6.18 Å². The zero-order valence-electron chi connectivity index (χ0n) is 14.6. The second-order valence-electron chi connectivity index (χ2n) is 7.09. The van der Waals surface area contributed by atoms with Crippen molar-refractivity contribution in [1.29, 1.82) is 0 Å².